The van der Waals surface area contributed by atoms with Crippen molar-refractivity contribution in [2.24, 2.45) is 0 Å². The van der Waals surface area contributed by atoms with Gasteiger partial charge in [0.2, 0.25) is 17.7 Å². The topological polar surface area (TPSA) is 112 Å². The maximum Gasteiger partial charge on any atom is 0.320 e. The molecule has 8 nitrogen and oxygen atoms in total. The van der Waals surface area contributed by atoms with Gasteiger partial charge >= 0.3 is 6.01 Å². The van der Waals surface area contributed by atoms with Crippen molar-refractivity contribution < 1.29 is 9.15 Å². The maximum absolute atomic E-state index is 5.78. The number of aromatic nitrogens is 4. The van der Waals surface area contributed by atoms with E-state index >= 15 is 0 Å². The van der Waals surface area contributed by atoms with Gasteiger partial charge < -0.3 is 20.2 Å². The third kappa shape index (κ3) is 4.07. The van der Waals surface area contributed by atoms with Gasteiger partial charge in [0.25, 0.3) is 0 Å². The van der Waals surface area contributed by atoms with E-state index in [1.54, 1.807) is 18.2 Å². The van der Waals surface area contributed by atoms with Crippen LogP contribution >= 0.6 is 0 Å². The third-order valence-electron chi connectivity index (χ3n) is 3.85. The Kier molecular flexibility index (Phi) is 4.59. The van der Waals surface area contributed by atoms with E-state index in [-0.39, 0.29) is 5.95 Å². The van der Waals surface area contributed by atoms with Crippen LogP contribution in [0, 0.1) is 13.8 Å². The number of hydrogen-bond acceptors (Lipinski definition) is 8. The molecule has 4 rings (SSSR count). The van der Waals surface area contributed by atoms with Crippen molar-refractivity contribution in [3.8, 4) is 23.1 Å². The van der Waals surface area contributed by atoms with E-state index < -0.39 is 0 Å². The third-order valence-corrected chi connectivity index (χ3v) is 3.85. The van der Waals surface area contributed by atoms with Crippen LogP contribution < -0.4 is 15.8 Å². The zero-order valence-corrected chi connectivity index (χ0v) is 15.4. The van der Waals surface area contributed by atoms with E-state index in [4.69, 9.17) is 14.9 Å². The summed E-state index contributed by atoms with van der Waals surface area (Å²) in [6.07, 6.45) is 0. The SMILES string of the molecule is Cc1cccc(Nc2nnc(-c3cccc(Oc4cc(C)nc(N)n4)c3)o2)c1. The summed E-state index contributed by atoms with van der Waals surface area (Å²) in [4.78, 5) is 8.10. The maximum atomic E-state index is 5.78. The first-order valence-corrected chi connectivity index (χ1v) is 8.62. The molecule has 0 spiro atoms. The second-order valence-corrected chi connectivity index (χ2v) is 6.24. The molecule has 0 radical (unpaired) electrons. The highest BCUT2D eigenvalue weighted by Gasteiger charge is 2.11. The van der Waals surface area contributed by atoms with Gasteiger partial charge in [-0.1, -0.05) is 23.3 Å². The van der Waals surface area contributed by atoms with E-state index in [9.17, 15) is 0 Å². The van der Waals surface area contributed by atoms with Gasteiger partial charge in [0.1, 0.15) is 5.75 Å². The van der Waals surface area contributed by atoms with Crippen molar-refractivity contribution in [3.63, 3.8) is 0 Å². The Balaban J connectivity index is 1.54. The largest absolute Gasteiger partial charge is 0.439 e. The van der Waals surface area contributed by atoms with Crippen LogP contribution in [0.25, 0.3) is 11.5 Å². The van der Waals surface area contributed by atoms with Crippen molar-refractivity contribution in [2.45, 2.75) is 13.8 Å². The van der Waals surface area contributed by atoms with Crippen molar-refractivity contribution in [2.75, 3.05) is 11.1 Å². The molecule has 28 heavy (non-hydrogen) atoms. The number of nitrogens with zero attached hydrogens (tertiary/aromatic N) is 4. The Labute approximate surface area is 161 Å². The lowest BCUT2D eigenvalue weighted by molar-refractivity contribution is 0.462. The van der Waals surface area contributed by atoms with Crippen LogP contribution in [0.3, 0.4) is 0 Å². The summed E-state index contributed by atoms with van der Waals surface area (Å²) in [7, 11) is 0. The number of rotatable bonds is 5. The number of anilines is 3. The summed E-state index contributed by atoms with van der Waals surface area (Å²) >= 11 is 0. The first kappa shape index (κ1) is 17.5. The molecular weight excluding hydrogens is 356 g/mol. The Morgan fingerprint density at radius 2 is 1.82 bits per heavy atom. The molecule has 0 unspecified atom stereocenters. The van der Waals surface area contributed by atoms with Gasteiger partial charge in [0.15, 0.2) is 0 Å². The predicted octanol–water partition coefficient (Wildman–Crippen LogP) is 4.26. The van der Waals surface area contributed by atoms with Crippen molar-refractivity contribution in [1.29, 1.82) is 0 Å². The predicted molar refractivity (Wildman–Crippen MR) is 105 cm³/mol. The summed E-state index contributed by atoms with van der Waals surface area (Å²) in [5.41, 5.74) is 9.13. The lowest BCUT2D eigenvalue weighted by Crippen LogP contribution is -1.98. The molecular formula is C20H18N6O2. The number of nitrogen functional groups attached to an aromatic ring is 1. The summed E-state index contributed by atoms with van der Waals surface area (Å²) in [6.45, 7) is 3.84. The Hall–Kier alpha value is -3.94. The van der Waals surface area contributed by atoms with Crippen LogP contribution in [-0.2, 0) is 0 Å². The normalized spacial score (nSPS) is 10.6. The molecule has 0 saturated carbocycles. The lowest BCUT2D eigenvalue weighted by atomic mass is 10.2. The number of benzene rings is 2. The Morgan fingerprint density at radius 3 is 2.64 bits per heavy atom. The summed E-state index contributed by atoms with van der Waals surface area (Å²) in [5, 5.41) is 11.2. The molecule has 0 fully saturated rings. The molecule has 0 aliphatic rings. The molecule has 2 aromatic carbocycles. The van der Waals surface area contributed by atoms with Crippen molar-refractivity contribution in [1.82, 2.24) is 20.2 Å². The molecule has 3 N–H and O–H groups in total. The van der Waals surface area contributed by atoms with Gasteiger partial charge in [-0.05, 0) is 49.7 Å². The molecule has 0 amide bonds. The fourth-order valence-corrected chi connectivity index (χ4v) is 2.66. The highest BCUT2D eigenvalue weighted by molar-refractivity contribution is 5.58. The first-order valence-electron chi connectivity index (χ1n) is 8.62. The van der Waals surface area contributed by atoms with Gasteiger partial charge in [-0.3, -0.25) is 0 Å². The second-order valence-electron chi connectivity index (χ2n) is 6.24. The molecule has 0 saturated heterocycles. The number of aryl methyl sites for hydroxylation is 2. The smallest absolute Gasteiger partial charge is 0.320 e. The van der Waals surface area contributed by atoms with Gasteiger partial charge in [-0.15, -0.1) is 5.10 Å². The molecule has 0 bridgehead atoms. The molecule has 0 atom stereocenters. The van der Waals surface area contributed by atoms with Crippen LogP contribution in [0.5, 0.6) is 11.6 Å². The highest BCUT2D eigenvalue weighted by atomic mass is 16.5. The van der Waals surface area contributed by atoms with Crippen LogP contribution in [0.15, 0.2) is 59.0 Å². The molecule has 2 heterocycles. The van der Waals surface area contributed by atoms with Crippen LogP contribution in [0.4, 0.5) is 17.7 Å². The summed E-state index contributed by atoms with van der Waals surface area (Å²) in [5.74, 6) is 1.48. The van der Waals surface area contributed by atoms with Crippen LogP contribution in [-0.4, -0.2) is 20.2 Å². The summed E-state index contributed by atoms with van der Waals surface area (Å²) < 4.78 is 11.5. The second kappa shape index (κ2) is 7.36. The first-order chi connectivity index (χ1) is 13.5. The number of nitrogens with one attached hydrogen (secondary N) is 1. The highest BCUT2D eigenvalue weighted by Crippen LogP contribution is 2.28. The minimum atomic E-state index is 0.162. The van der Waals surface area contributed by atoms with Gasteiger partial charge in [0.05, 0.1) is 0 Å². The average Bonchev–Trinajstić information content (AvgIpc) is 3.09. The quantitative estimate of drug-likeness (QED) is 0.533. The summed E-state index contributed by atoms with van der Waals surface area (Å²) in [6, 6.07) is 17.2. The number of ether oxygens (including phenoxy) is 1. The molecule has 0 aliphatic carbocycles. The average molecular weight is 374 g/mol. The zero-order chi connectivity index (χ0) is 19.5. The Morgan fingerprint density at radius 1 is 0.964 bits per heavy atom. The van der Waals surface area contributed by atoms with E-state index in [2.05, 4.69) is 25.5 Å². The number of hydrogen-bond donors (Lipinski definition) is 2. The fourth-order valence-electron chi connectivity index (χ4n) is 2.66. The number of nitrogens with two attached hydrogens (primary N) is 1. The minimum absolute atomic E-state index is 0.162. The Bertz CT molecular complexity index is 1100. The molecule has 140 valence electrons. The monoisotopic (exact) mass is 374 g/mol. The molecule has 0 aliphatic heterocycles. The molecule has 2 aromatic heterocycles. The van der Waals surface area contributed by atoms with Crippen LogP contribution in [0.1, 0.15) is 11.3 Å². The standard InChI is InChI=1S/C20H18N6O2/c1-12-5-3-7-15(9-12)23-20-26-25-18(28-20)14-6-4-8-16(11-14)27-17-10-13(2)22-19(21)24-17/h3-11H,1-2H3,(H,23,26)(H2,21,22,24). The van der Waals surface area contributed by atoms with Gasteiger partial charge in [0, 0.05) is 23.0 Å². The molecule has 8 heteroatoms. The zero-order valence-electron chi connectivity index (χ0n) is 15.4. The lowest BCUT2D eigenvalue weighted by Gasteiger charge is -2.06. The van der Waals surface area contributed by atoms with Crippen molar-refractivity contribution >= 4 is 17.7 Å². The van der Waals surface area contributed by atoms with E-state index in [0.29, 0.717) is 23.5 Å². The van der Waals surface area contributed by atoms with E-state index in [0.717, 1.165) is 22.5 Å². The van der Waals surface area contributed by atoms with E-state index in [1.165, 1.54) is 0 Å². The van der Waals surface area contributed by atoms with E-state index in [1.807, 2.05) is 50.2 Å². The van der Waals surface area contributed by atoms with Gasteiger partial charge in [-0.25, -0.2) is 4.98 Å². The molecule has 4 aromatic rings. The van der Waals surface area contributed by atoms with Gasteiger partial charge in [-0.2, -0.15) is 4.98 Å². The van der Waals surface area contributed by atoms with Crippen molar-refractivity contribution in [3.05, 3.63) is 65.9 Å². The fraction of sp³-hybridized carbons (Fsp3) is 0.100. The minimum Gasteiger partial charge on any atom is -0.439 e. The van der Waals surface area contributed by atoms with Crippen LogP contribution in [0.2, 0.25) is 0 Å².